The van der Waals surface area contributed by atoms with Gasteiger partial charge in [0.2, 0.25) is 0 Å². The van der Waals surface area contributed by atoms with E-state index in [2.05, 4.69) is 11.7 Å². The summed E-state index contributed by atoms with van der Waals surface area (Å²) in [7, 11) is 3.46. The van der Waals surface area contributed by atoms with Gasteiger partial charge in [0, 0.05) is 31.9 Å². The Morgan fingerprint density at radius 2 is 2.00 bits per heavy atom. The van der Waals surface area contributed by atoms with Crippen LogP contribution >= 0.6 is 0 Å². The highest BCUT2D eigenvalue weighted by Gasteiger charge is 2.24. The molecule has 1 saturated carbocycles. The molecule has 2 rings (SSSR count). The quantitative estimate of drug-likeness (QED) is 0.851. The van der Waals surface area contributed by atoms with Crippen molar-refractivity contribution in [1.29, 1.82) is 0 Å². The summed E-state index contributed by atoms with van der Waals surface area (Å²) in [6, 6.07) is 4.03. The molecule has 24 heavy (non-hydrogen) atoms. The second-order valence-corrected chi connectivity index (χ2v) is 6.13. The largest absolute Gasteiger partial charge is 0.505 e. The average Bonchev–Trinajstić information content (AvgIpc) is 2.61. The molecule has 1 N–H and O–H groups in total. The van der Waals surface area contributed by atoms with Crippen LogP contribution in [0, 0.1) is 5.82 Å². The van der Waals surface area contributed by atoms with E-state index in [9.17, 15) is 14.3 Å². The fraction of sp³-hybridized carbons (Fsp3) is 0.444. The van der Waals surface area contributed by atoms with E-state index in [1.807, 2.05) is 7.05 Å². The van der Waals surface area contributed by atoms with Crippen molar-refractivity contribution in [2.24, 2.45) is 4.99 Å². The predicted octanol–water partition coefficient (Wildman–Crippen LogP) is 3.85. The summed E-state index contributed by atoms with van der Waals surface area (Å²) in [5, 5.41) is 9.49. The number of rotatable bonds is 4. The number of hydrogen-bond acceptors (Lipinski definition) is 3. The zero-order chi connectivity index (χ0) is 17.7. The molecule has 0 aliphatic heterocycles. The van der Waals surface area contributed by atoms with Crippen LogP contribution in [0.4, 0.5) is 9.18 Å². The molecule has 0 atom stereocenters. The van der Waals surface area contributed by atoms with Crippen LogP contribution in [-0.4, -0.2) is 47.8 Å². The summed E-state index contributed by atoms with van der Waals surface area (Å²) >= 11 is 0. The number of phenolic OH excluding ortho intramolecular Hbond substituents is 1. The lowest BCUT2D eigenvalue weighted by Gasteiger charge is -2.33. The Labute approximate surface area is 142 Å². The van der Waals surface area contributed by atoms with Crippen LogP contribution in [0.3, 0.4) is 0 Å². The molecule has 0 bridgehead atoms. The summed E-state index contributed by atoms with van der Waals surface area (Å²) in [6.45, 7) is 3.49. The fourth-order valence-electron chi connectivity index (χ4n) is 2.99. The maximum absolute atomic E-state index is 13.2. The molecule has 1 aliphatic carbocycles. The molecule has 1 aromatic rings. The number of hydrogen-bond donors (Lipinski definition) is 1. The smallest absolute Gasteiger partial charge is 0.323 e. The maximum atomic E-state index is 13.2. The van der Waals surface area contributed by atoms with Crippen molar-refractivity contribution < 1.29 is 14.3 Å². The lowest BCUT2D eigenvalue weighted by molar-refractivity contribution is 0.154. The second kappa shape index (κ2) is 7.95. The Hall–Kier alpha value is -2.37. The summed E-state index contributed by atoms with van der Waals surface area (Å²) in [5.41, 5.74) is 0.877. The van der Waals surface area contributed by atoms with Gasteiger partial charge in [0.25, 0.3) is 0 Å². The van der Waals surface area contributed by atoms with Crippen LogP contribution < -0.4 is 0 Å². The Morgan fingerprint density at radius 1 is 1.33 bits per heavy atom. The van der Waals surface area contributed by atoms with Gasteiger partial charge in [-0.1, -0.05) is 19.3 Å². The topological polar surface area (TPSA) is 56.1 Å². The van der Waals surface area contributed by atoms with Gasteiger partial charge in [0.15, 0.2) is 11.6 Å². The third-order valence-corrected chi connectivity index (χ3v) is 4.45. The molecule has 5 nitrogen and oxygen atoms in total. The van der Waals surface area contributed by atoms with Crippen LogP contribution in [0.25, 0.3) is 5.70 Å². The first kappa shape index (κ1) is 18.0. The standard InChI is InChI=1S/C18H24FN3O2/c1-20-16(13-9-10-15(19)17(23)11-13)12-21(2)18(24)22(3)14-7-5-4-6-8-14/h9-12,14,23H,1,4-8H2,2-3H3/b16-12-. The van der Waals surface area contributed by atoms with Gasteiger partial charge in [0.1, 0.15) is 0 Å². The summed E-state index contributed by atoms with van der Waals surface area (Å²) in [4.78, 5) is 19.7. The van der Waals surface area contributed by atoms with E-state index in [-0.39, 0.29) is 12.1 Å². The molecule has 0 unspecified atom stereocenters. The number of amides is 2. The van der Waals surface area contributed by atoms with E-state index in [0.29, 0.717) is 11.3 Å². The normalized spacial score (nSPS) is 15.9. The molecule has 6 heteroatoms. The fourth-order valence-corrected chi connectivity index (χ4v) is 2.99. The molecule has 0 aromatic heterocycles. The van der Waals surface area contributed by atoms with Gasteiger partial charge >= 0.3 is 6.03 Å². The van der Waals surface area contributed by atoms with E-state index >= 15 is 0 Å². The molecular weight excluding hydrogens is 309 g/mol. The number of aliphatic imine (C=N–C) groups is 1. The molecule has 0 spiro atoms. The average molecular weight is 333 g/mol. The molecule has 2 amide bonds. The third-order valence-electron chi connectivity index (χ3n) is 4.45. The molecule has 1 fully saturated rings. The zero-order valence-electron chi connectivity index (χ0n) is 14.2. The molecule has 0 heterocycles. The Bertz CT molecular complexity index is 639. The number of nitrogens with zero attached hydrogens (tertiary/aromatic N) is 3. The van der Waals surface area contributed by atoms with Gasteiger partial charge in [-0.3, -0.25) is 4.99 Å². The van der Waals surface area contributed by atoms with E-state index in [4.69, 9.17) is 0 Å². The third kappa shape index (κ3) is 4.13. The minimum atomic E-state index is -0.705. The first-order valence-electron chi connectivity index (χ1n) is 8.11. The van der Waals surface area contributed by atoms with E-state index < -0.39 is 11.6 Å². The first-order valence-corrected chi connectivity index (χ1v) is 8.11. The van der Waals surface area contributed by atoms with Crippen molar-refractivity contribution in [1.82, 2.24) is 9.80 Å². The van der Waals surface area contributed by atoms with Crippen LogP contribution in [0.1, 0.15) is 37.7 Å². The van der Waals surface area contributed by atoms with Crippen LogP contribution in [0.5, 0.6) is 5.75 Å². The highest BCUT2D eigenvalue weighted by Crippen LogP contribution is 2.25. The molecule has 0 radical (unpaired) electrons. The minimum Gasteiger partial charge on any atom is -0.505 e. The lowest BCUT2D eigenvalue weighted by Crippen LogP contribution is -2.43. The molecule has 130 valence electrons. The van der Waals surface area contributed by atoms with Gasteiger partial charge in [-0.15, -0.1) is 0 Å². The molecule has 1 aliphatic rings. The summed E-state index contributed by atoms with van der Waals surface area (Å²) in [5.74, 6) is -1.17. The van der Waals surface area contributed by atoms with Gasteiger partial charge in [0.05, 0.1) is 5.70 Å². The lowest BCUT2D eigenvalue weighted by atomic mass is 9.95. The maximum Gasteiger partial charge on any atom is 0.323 e. The van der Waals surface area contributed by atoms with E-state index in [1.54, 1.807) is 18.1 Å². The molecule has 0 saturated heterocycles. The van der Waals surface area contributed by atoms with Crippen LogP contribution in [0.15, 0.2) is 29.4 Å². The predicted molar refractivity (Wildman–Crippen MR) is 93.4 cm³/mol. The van der Waals surface area contributed by atoms with Crippen molar-refractivity contribution in [2.45, 2.75) is 38.1 Å². The highest BCUT2D eigenvalue weighted by atomic mass is 19.1. The number of carbonyl (C=O) groups excluding carboxylic acids is 1. The number of carbonyl (C=O) groups is 1. The number of halogens is 1. The van der Waals surface area contributed by atoms with E-state index in [1.165, 1.54) is 23.5 Å². The molecular formula is C18H24FN3O2. The Kier molecular flexibility index (Phi) is 5.95. The Morgan fingerprint density at radius 3 is 2.58 bits per heavy atom. The first-order chi connectivity index (χ1) is 11.4. The van der Waals surface area contributed by atoms with Crippen LogP contribution in [0.2, 0.25) is 0 Å². The van der Waals surface area contributed by atoms with Gasteiger partial charge in [-0.2, -0.15) is 0 Å². The Balaban J connectivity index is 2.15. The van der Waals surface area contributed by atoms with Crippen molar-refractivity contribution in [3.8, 4) is 5.75 Å². The monoisotopic (exact) mass is 333 g/mol. The van der Waals surface area contributed by atoms with Crippen molar-refractivity contribution in [2.75, 3.05) is 14.1 Å². The van der Waals surface area contributed by atoms with Crippen molar-refractivity contribution >= 4 is 18.4 Å². The number of phenols is 1. The van der Waals surface area contributed by atoms with Crippen molar-refractivity contribution in [3.63, 3.8) is 0 Å². The van der Waals surface area contributed by atoms with Crippen molar-refractivity contribution in [3.05, 3.63) is 35.8 Å². The number of urea groups is 1. The molecule has 1 aromatic carbocycles. The zero-order valence-corrected chi connectivity index (χ0v) is 14.2. The van der Waals surface area contributed by atoms with Crippen LogP contribution in [-0.2, 0) is 0 Å². The highest BCUT2D eigenvalue weighted by molar-refractivity contribution is 5.78. The van der Waals surface area contributed by atoms with E-state index in [0.717, 1.165) is 31.7 Å². The van der Waals surface area contributed by atoms with Gasteiger partial charge in [-0.05, 0) is 37.8 Å². The summed E-state index contributed by atoms with van der Waals surface area (Å²) in [6.07, 6.45) is 7.12. The van der Waals surface area contributed by atoms with Gasteiger partial charge < -0.3 is 14.9 Å². The summed E-state index contributed by atoms with van der Waals surface area (Å²) < 4.78 is 13.2. The SMILES string of the molecule is C=N/C(=C\N(C)C(=O)N(C)C1CCCCC1)c1ccc(F)c(O)c1. The second-order valence-electron chi connectivity index (χ2n) is 6.13. The minimum absolute atomic E-state index is 0.130. The van der Waals surface area contributed by atoms with Gasteiger partial charge in [-0.25, -0.2) is 9.18 Å². The number of benzene rings is 1. The number of aromatic hydroxyl groups is 1.